The number of hydrogen-bond donors (Lipinski definition) is 0. The molecule has 142 valence electrons. The van der Waals surface area contributed by atoms with Crippen LogP contribution < -0.4 is 4.90 Å². The molecular formula is C20H23N3O3S. The Balaban J connectivity index is 1.45. The molecule has 0 aliphatic carbocycles. The van der Waals surface area contributed by atoms with E-state index < -0.39 is 9.84 Å². The summed E-state index contributed by atoms with van der Waals surface area (Å²) in [7, 11) is -1.08. The summed E-state index contributed by atoms with van der Waals surface area (Å²) in [5, 5.41) is 0. The average molecular weight is 385 g/mol. The zero-order chi connectivity index (χ0) is 19.0. The lowest BCUT2D eigenvalue weighted by molar-refractivity contribution is 0.0734. The van der Waals surface area contributed by atoms with E-state index in [-0.39, 0.29) is 23.5 Å². The number of benzene rings is 1. The number of amides is 1. The SMILES string of the molecule is CN(c1ccc(C(=O)N2CCc3ccccc3C2)cn1)C1CCS(=O)(=O)C1. The van der Waals surface area contributed by atoms with Gasteiger partial charge in [-0.05, 0) is 36.1 Å². The maximum atomic E-state index is 12.8. The van der Waals surface area contributed by atoms with Gasteiger partial charge in [0.05, 0.1) is 17.1 Å². The highest BCUT2D eigenvalue weighted by atomic mass is 32.2. The van der Waals surface area contributed by atoms with Crippen molar-refractivity contribution in [1.29, 1.82) is 0 Å². The highest BCUT2D eigenvalue weighted by molar-refractivity contribution is 7.91. The molecule has 0 N–H and O–H groups in total. The molecule has 7 heteroatoms. The van der Waals surface area contributed by atoms with E-state index in [9.17, 15) is 13.2 Å². The monoisotopic (exact) mass is 385 g/mol. The summed E-state index contributed by atoms with van der Waals surface area (Å²) in [6, 6.07) is 11.8. The Bertz CT molecular complexity index is 957. The van der Waals surface area contributed by atoms with Crippen LogP contribution in [0, 0.1) is 0 Å². The van der Waals surface area contributed by atoms with E-state index >= 15 is 0 Å². The Morgan fingerprint density at radius 1 is 1.19 bits per heavy atom. The van der Waals surface area contributed by atoms with Crippen LogP contribution in [0.2, 0.25) is 0 Å². The number of aromatic nitrogens is 1. The molecule has 2 aromatic rings. The van der Waals surface area contributed by atoms with Crippen molar-refractivity contribution >= 4 is 21.6 Å². The van der Waals surface area contributed by atoms with E-state index in [0.717, 1.165) is 6.42 Å². The first-order chi connectivity index (χ1) is 12.9. The van der Waals surface area contributed by atoms with Gasteiger partial charge in [-0.3, -0.25) is 4.79 Å². The van der Waals surface area contributed by atoms with Crippen LogP contribution in [-0.2, 0) is 22.8 Å². The fourth-order valence-electron chi connectivity index (χ4n) is 3.84. The third-order valence-corrected chi connectivity index (χ3v) is 7.28. The Hall–Kier alpha value is -2.41. The highest BCUT2D eigenvalue weighted by Crippen LogP contribution is 2.23. The van der Waals surface area contributed by atoms with Gasteiger partial charge in [0.2, 0.25) is 0 Å². The van der Waals surface area contributed by atoms with Crippen LogP contribution >= 0.6 is 0 Å². The number of rotatable bonds is 3. The number of carbonyl (C=O) groups is 1. The second-order valence-corrected chi connectivity index (χ2v) is 9.55. The molecule has 1 aromatic heterocycles. The van der Waals surface area contributed by atoms with Gasteiger partial charge in [-0.15, -0.1) is 0 Å². The summed E-state index contributed by atoms with van der Waals surface area (Å²) >= 11 is 0. The molecule has 0 bridgehead atoms. The summed E-state index contributed by atoms with van der Waals surface area (Å²) in [5.41, 5.74) is 3.07. The molecule has 2 aliphatic rings. The topological polar surface area (TPSA) is 70.6 Å². The van der Waals surface area contributed by atoms with Crippen molar-refractivity contribution in [3.63, 3.8) is 0 Å². The number of hydrogen-bond acceptors (Lipinski definition) is 5. The molecule has 0 saturated carbocycles. The van der Waals surface area contributed by atoms with Crippen LogP contribution in [0.25, 0.3) is 0 Å². The number of nitrogens with zero attached hydrogens (tertiary/aromatic N) is 3. The van der Waals surface area contributed by atoms with E-state index in [1.807, 2.05) is 29.0 Å². The van der Waals surface area contributed by atoms with Gasteiger partial charge in [-0.2, -0.15) is 0 Å². The molecule has 6 nitrogen and oxygen atoms in total. The van der Waals surface area contributed by atoms with Crippen molar-refractivity contribution < 1.29 is 13.2 Å². The normalized spacial score (nSPS) is 20.9. The van der Waals surface area contributed by atoms with Crippen LogP contribution in [0.1, 0.15) is 27.9 Å². The third kappa shape index (κ3) is 3.69. The molecule has 1 fully saturated rings. The van der Waals surface area contributed by atoms with E-state index in [1.54, 1.807) is 18.3 Å². The highest BCUT2D eigenvalue weighted by Gasteiger charge is 2.31. The summed E-state index contributed by atoms with van der Waals surface area (Å²) < 4.78 is 23.4. The molecule has 1 atom stereocenters. The Kier molecular flexibility index (Phi) is 4.63. The first-order valence-corrected chi connectivity index (χ1v) is 11.0. The molecule has 0 spiro atoms. The largest absolute Gasteiger partial charge is 0.356 e. The Morgan fingerprint density at radius 2 is 1.96 bits per heavy atom. The molecule has 0 radical (unpaired) electrons. The van der Waals surface area contributed by atoms with Crippen molar-refractivity contribution in [2.45, 2.75) is 25.4 Å². The Morgan fingerprint density at radius 3 is 2.63 bits per heavy atom. The van der Waals surface area contributed by atoms with Crippen LogP contribution in [-0.4, -0.2) is 55.3 Å². The molecule has 1 amide bonds. The number of sulfone groups is 1. The van der Waals surface area contributed by atoms with Crippen LogP contribution in [0.3, 0.4) is 0 Å². The van der Waals surface area contributed by atoms with Crippen LogP contribution in [0.5, 0.6) is 0 Å². The average Bonchev–Trinajstić information content (AvgIpc) is 3.06. The third-order valence-electron chi connectivity index (χ3n) is 5.53. The van der Waals surface area contributed by atoms with Gasteiger partial charge in [-0.25, -0.2) is 13.4 Å². The molecule has 3 heterocycles. The molecular weight excluding hydrogens is 362 g/mol. The van der Waals surface area contributed by atoms with Crippen molar-refractivity contribution in [2.24, 2.45) is 0 Å². The van der Waals surface area contributed by atoms with Crippen molar-refractivity contribution in [3.05, 3.63) is 59.3 Å². The molecule has 27 heavy (non-hydrogen) atoms. The van der Waals surface area contributed by atoms with Gasteiger partial charge in [-0.1, -0.05) is 24.3 Å². The van der Waals surface area contributed by atoms with Gasteiger partial charge in [0.25, 0.3) is 5.91 Å². The van der Waals surface area contributed by atoms with Crippen LogP contribution in [0.15, 0.2) is 42.6 Å². The van der Waals surface area contributed by atoms with E-state index in [4.69, 9.17) is 0 Å². The standard InChI is InChI=1S/C20H23N3O3S/c1-22(18-9-11-27(25,26)14-18)19-7-6-16(12-21-19)20(24)23-10-8-15-4-2-3-5-17(15)13-23/h2-7,12,18H,8-11,13-14H2,1H3. The molecule has 1 unspecified atom stereocenters. The molecule has 4 rings (SSSR count). The summed E-state index contributed by atoms with van der Waals surface area (Å²) in [5.74, 6) is 1.07. The van der Waals surface area contributed by atoms with Gasteiger partial charge in [0.1, 0.15) is 5.82 Å². The fourth-order valence-corrected chi connectivity index (χ4v) is 5.62. The predicted octanol–water partition coefficient (Wildman–Crippen LogP) is 1.90. The lowest BCUT2D eigenvalue weighted by Gasteiger charge is -2.29. The quantitative estimate of drug-likeness (QED) is 0.807. The van der Waals surface area contributed by atoms with E-state index in [0.29, 0.717) is 30.9 Å². The second kappa shape index (κ2) is 6.96. The zero-order valence-corrected chi connectivity index (χ0v) is 16.2. The minimum Gasteiger partial charge on any atom is -0.356 e. The first kappa shape index (κ1) is 18.0. The van der Waals surface area contributed by atoms with E-state index in [1.165, 1.54) is 11.1 Å². The minimum absolute atomic E-state index is 0.0188. The second-order valence-electron chi connectivity index (χ2n) is 7.32. The summed E-state index contributed by atoms with van der Waals surface area (Å²) in [6.07, 6.45) is 3.08. The number of fused-ring (bicyclic) bond motifs is 1. The first-order valence-electron chi connectivity index (χ1n) is 9.18. The maximum absolute atomic E-state index is 12.8. The fraction of sp³-hybridized carbons (Fsp3) is 0.400. The zero-order valence-electron chi connectivity index (χ0n) is 15.3. The lowest BCUT2D eigenvalue weighted by atomic mass is 9.99. The van der Waals surface area contributed by atoms with Gasteiger partial charge in [0, 0.05) is 32.4 Å². The van der Waals surface area contributed by atoms with Crippen molar-refractivity contribution in [1.82, 2.24) is 9.88 Å². The minimum atomic E-state index is -2.94. The van der Waals surface area contributed by atoms with Gasteiger partial charge < -0.3 is 9.80 Å². The predicted molar refractivity (Wildman–Crippen MR) is 105 cm³/mol. The number of carbonyl (C=O) groups excluding carboxylic acids is 1. The Labute approximate surface area is 159 Å². The van der Waals surface area contributed by atoms with Crippen molar-refractivity contribution in [2.75, 3.05) is 30.0 Å². The van der Waals surface area contributed by atoms with Crippen LogP contribution in [0.4, 0.5) is 5.82 Å². The molecule has 1 aromatic carbocycles. The van der Waals surface area contributed by atoms with E-state index in [2.05, 4.69) is 17.1 Å². The number of pyridine rings is 1. The van der Waals surface area contributed by atoms with Gasteiger partial charge >= 0.3 is 0 Å². The molecule has 2 aliphatic heterocycles. The van der Waals surface area contributed by atoms with Gasteiger partial charge in [0.15, 0.2) is 9.84 Å². The molecule has 1 saturated heterocycles. The number of anilines is 1. The maximum Gasteiger partial charge on any atom is 0.255 e. The summed E-state index contributed by atoms with van der Waals surface area (Å²) in [6.45, 7) is 1.33. The lowest BCUT2D eigenvalue weighted by Crippen LogP contribution is -2.36. The smallest absolute Gasteiger partial charge is 0.255 e. The summed E-state index contributed by atoms with van der Waals surface area (Å²) in [4.78, 5) is 21.0. The van der Waals surface area contributed by atoms with Crippen molar-refractivity contribution in [3.8, 4) is 0 Å².